The van der Waals surface area contributed by atoms with Gasteiger partial charge in [-0.15, -0.1) is 0 Å². The minimum Gasteiger partial charge on any atom is -0.493 e. The lowest BCUT2D eigenvalue weighted by molar-refractivity contribution is 0.111. The van der Waals surface area contributed by atoms with Gasteiger partial charge in [0.2, 0.25) is 0 Å². The van der Waals surface area contributed by atoms with E-state index in [1.54, 1.807) is 72.8 Å². The third kappa shape index (κ3) is 16.1. The van der Waals surface area contributed by atoms with E-state index in [0.717, 1.165) is 24.0 Å². The van der Waals surface area contributed by atoms with Crippen LogP contribution >= 0.6 is 29.0 Å². The molecule has 6 aromatic carbocycles. The maximum absolute atomic E-state index is 11.8. The van der Waals surface area contributed by atoms with Gasteiger partial charge in [-0.05, 0) is 143 Å². The van der Waals surface area contributed by atoms with E-state index < -0.39 is 17.2 Å². The summed E-state index contributed by atoms with van der Waals surface area (Å²) >= 11 is 1.39. The molecule has 0 aromatic heterocycles. The SMILES string of the molecule is COc1cc(C=O)ccc1OP(Oc1ccc(C=O)cc1OC)Oc1ccc(C(C)(C)CC(C)(C)C)cc1Sc1cc(C(C)(C)CC(C)(C)C)ccc1OP(Oc1ccc(C=O)cc1OC)Oc1ccc(C=O)cc1OC. The Kier molecular flexibility index (Phi) is 19.7. The van der Waals surface area contributed by atoms with Crippen molar-refractivity contribution in [3.63, 3.8) is 0 Å². The molecule has 408 valence electrons. The van der Waals surface area contributed by atoms with Crippen molar-refractivity contribution in [1.29, 1.82) is 0 Å². The molecule has 0 saturated heterocycles. The zero-order valence-electron chi connectivity index (χ0n) is 46.1. The van der Waals surface area contributed by atoms with Gasteiger partial charge >= 0.3 is 17.2 Å². The van der Waals surface area contributed by atoms with Gasteiger partial charge in [-0.25, -0.2) is 0 Å². The van der Waals surface area contributed by atoms with Gasteiger partial charge in [0.1, 0.15) is 36.6 Å². The van der Waals surface area contributed by atoms with Crippen LogP contribution in [-0.2, 0) is 10.8 Å². The Morgan fingerprint density at radius 2 is 0.597 bits per heavy atom. The van der Waals surface area contributed by atoms with Crippen LogP contribution in [0.1, 0.15) is 135 Å². The molecule has 0 fully saturated rings. The third-order valence-electron chi connectivity index (χ3n) is 11.9. The van der Waals surface area contributed by atoms with Crippen LogP contribution in [0.2, 0.25) is 0 Å². The molecular formula is C60H68O14P2S. The van der Waals surface area contributed by atoms with E-state index in [2.05, 4.69) is 81.4 Å². The second-order valence-electron chi connectivity index (χ2n) is 21.8. The molecule has 0 radical (unpaired) electrons. The largest absolute Gasteiger partial charge is 0.530 e. The fourth-order valence-electron chi connectivity index (χ4n) is 9.07. The number of hydrogen-bond donors (Lipinski definition) is 0. The minimum atomic E-state index is -2.43. The monoisotopic (exact) mass is 1110 g/mol. The lowest BCUT2D eigenvalue weighted by atomic mass is 9.72. The van der Waals surface area contributed by atoms with Crippen molar-refractivity contribution < 1.29 is 65.3 Å². The number of methoxy groups -OCH3 is 4. The molecule has 0 N–H and O–H groups in total. The molecule has 17 heteroatoms. The number of rotatable bonds is 26. The summed E-state index contributed by atoms with van der Waals surface area (Å²) in [4.78, 5) is 48.6. The Morgan fingerprint density at radius 3 is 0.831 bits per heavy atom. The maximum Gasteiger partial charge on any atom is 0.530 e. The molecule has 0 aliphatic carbocycles. The minimum absolute atomic E-state index is 0.0312. The summed E-state index contributed by atoms with van der Waals surface area (Å²) in [5.41, 5.74) is 2.83. The first-order chi connectivity index (χ1) is 36.4. The van der Waals surface area contributed by atoms with E-state index in [1.165, 1.54) is 40.2 Å². The number of hydrogen-bond acceptors (Lipinski definition) is 15. The van der Waals surface area contributed by atoms with Gasteiger partial charge in [0.25, 0.3) is 0 Å². The Balaban J connectivity index is 1.56. The summed E-state index contributed by atoms with van der Waals surface area (Å²) in [6, 6.07) is 31.0. The first kappa shape index (κ1) is 59.5. The molecule has 6 rings (SSSR count). The van der Waals surface area contributed by atoms with Crippen molar-refractivity contribution in [1.82, 2.24) is 0 Å². The molecule has 0 heterocycles. The molecule has 0 aliphatic heterocycles. The Morgan fingerprint density at radius 1 is 0.351 bits per heavy atom. The van der Waals surface area contributed by atoms with Gasteiger partial charge in [-0.2, -0.15) is 0 Å². The fraction of sp³-hybridized carbons (Fsp3) is 0.333. The lowest BCUT2D eigenvalue weighted by Gasteiger charge is -2.34. The summed E-state index contributed by atoms with van der Waals surface area (Å²) in [5, 5.41) is 0. The predicted molar refractivity (Wildman–Crippen MR) is 302 cm³/mol. The van der Waals surface area contributed by atoms with E-state index in [-0.39, 0.29) is 67.7 Å². The highest BCUT2D eigenvalue weighted by molar-refractivity contribution is 7.99. The molecule has 0 spiro atoms. The highest BCUT2D eigenvalue weighted by Crippen LogP contribution is 2.54. The number of aldehydes is 4. The van der Waals surface area contributed by atoms with Gasteiger partial charge in [0.15, 0.2) is 46.0 Å². The van der Waals surface area contributed by atoms with E-state index in [4.69, 9.17) is 46.1 Å². The number of carbonyl (C=O) groups excluding carboxylic acids is 4. The van der Waals surface area contributed by atoms with E-state index in [1.807, 2.05) is 24.3 Å². The fourth-order valence-corrected chi connectivity index (χ4v) is 12.3. The molecule has 0 unspecified atom stereocenters. The van der Waals surface area contributed by atoms with Gasteiger partial charge in [-0.3, -0.25) is 19.2 Å². The van der Waals surface area contributed by atoms with Crippen molar-refractivity contribution in [2.24, 2.45) is 10.8 Å². The second kappa shape index (κ2) is 25.6. The third-order valence-corrected chi connectivity index (χ3v) is 15.1. The molecule has 0 bridgehead atoms. The molecule has 0 saturated carbocycles. The van der Waals surface area contributed by atoms with E-state index in [0.29, 0.717) is 68.7 Å². The van der Waals surface area contributed by atoms with Gasteiger partial charge in [-0.1, -0.05) is 93.1 Å². The zero-order chi connectivity index (χ0) is 56.3. The van der Waals surface area contributed by atoms with Crippen molar-refractivity contribution in [2.75, 3.05) is 28.4 Å². The summed E-state index contributed by atoms with van der Waals surface area (Å²) in [7, 11) is 0.994. The van der Waals surface area contributed by atoms with Crippen LogP contribution < -0.4 is 46.1 Å². The van der Waals surface area contributed by atoms with Gasteiger partial charge < -0.3 is 46.1 Å². The summed E-state index contributed by atoms with van der Waals surface area (Å²) in [6.07, 6.45) is 4.51. The van der Waals surface area contributed by atoms with Crippen molar-refractivity contribution in [2.45, 2.75) is 103 Å². The van der Waals surface area contributed by atoms with Crippen molar-refractivity contribution in [3.8, 4) is 57.5 Å². The topological polar surface area (TPSA) is 161 Å². The van der Waals surface area contributed by atoms with Crippen LogP contribution in [0, 0.1) is 10.8 Å². The molecule has 77 heavy (non-hydrogen) atoms. The Labute approximate surface area is 459 Å². The van der Waals surface area contributed by atoms with Crippen LogP contribution in [0.25, 0.3) is 0 Å². The lowest BCUT2D eigenvalue weighted by Crippen LogP contribution is -2.25. The maximum atomic E-state index is 11.8. The Bertz CT molecular complexity index is 2730. The van der Waals surface area contributed by atoms with Gasteiger partial charge in [0, 0.05) is 22.3 Å². The van der Waals surface area contributed by atoms with Crippen molar-refractivity contribution in [3.05, 3.63) is 143 Å². The zero-order valence-corrected chi connectivity index (χ0v) is 48.7. The standard InChI is InChI=1S/C60H68O14P2S/c1-57(2,3)37-59(7,8)43-19-25-49(73-75(69-45-21-15-39(33-61)27-51(45)65-11)70-46-22-16-40(34-62)28-52(46)66-12)55(31-43)77-56-32-44(60(9,10)38-58(4,5)6)20-26-50(56)74-76(71-47-23-17-41(35-63)29-53(47)67-13)72-48-24-18-42(36-64)30-54(48)68-14/h15-36H,37-38H2,1-14H3. The average molecular weight is 1110 g/mol. The van der Waals surface area contributed by atoms with Crippen LogP contribution in [0.5, 0.6) is 57.5 Å². The van der Waals surface area contributed by atoms with Gasteiger partial charge in [0.05, 0.1) is 38.2 Å². The van der Waals surface area contributed by atoms with Crippen LogP contribution in [0.4, 0.5) is 0 Å². The predicted octanol–water partition coefficient (Wildman–Crippen LogP) is 16.1. The summed E-state index contributed by atoms with van der Waals surface area (Å²) in [6.45, 7) is 22.1. The van der Waals surface area contributed by atoms with Crippen LogP contribution in [0.15, 0.2) is 119 Å². The molecule has 6 aromatic rings. The molecule has 14 nitrogen and oxygen atoms in total. The normalized spacial score (nSPS) is 11.8. The highest BCUT2D eigenvalue weighted by atomic mass is 32.2. The number of ether oxygens (including phenoxy) is 4. The quantitative estimate of drug-likeness (QED) is 0.0372. The molecular weight excluding hydrogens is 1040 g/mol. The number of carbonyl (C=O) groups is 4. The smallest absolute Gasteiger partial charge is 0.493 e. The summed E-state index contributed by atoms with van der Waals surface area (Å²) in [5.74, 6) is 2.74. The highest BCUT2D eigenvalue weighted by Gasteiger charge is 2.33. The van der Waals surface area contributed by atoms with Crippen LogP contribution in [0.3, 0.4) is 0 Å². The summed E-state index contributed by atoms with van der Waals surface area (Å²) < 4.78 is 62.8. The van der Waals surface area contributed by atoms with E-state index >= 15 is 0 Å². The Hall–Kier alpha value is -6.79. The first-order valence-electron chi connectivity index (χ1n) is 24.6. The molecule has 0 amide bonds. The van der Waals surface area contributed by atoms with E-state index in [9.17, 15) is 19.2 Å². The molecule has 0 atom stereocenters. The van der Waals surface area contributed by atoms with Crippen LogP contribution in [-0.4, -0.2) is 53.6 Å². The average Bonchev–Trinajstić information content (AvgIpc) is 3.38. The first-order valence-corrected chi connectivity index (χ1v) is 27.6. The molecule has 0 aliphatic rings. The second-order valence-corrected chi connectivity index (χ2v) is 24.8. The van der Waals surface area contributed by atoms with Crippen molar-refractivity contribution >= 4 is 54.1 Å². The number of benzene rings is 6.